The second-order valence-electron chi connectivity index (χ2n) is 13.1. The molecule has 0 saturated carbocycles. The number of allylic oxidation sites excluding steroid dienone is 7. The van der Waals surface area contributed by atoms with Crippen LogP contribution in [0.4, 0.5) is 11.4 Å². The third kappa shape index (κ3) is 9.99. The minimum absolute atomic E-state index is 0.171. The van der Waals surface area contributed by atoms with E-state index in [1.807, 2.05) is 55.2 Å². The average Bonchev–Trinajstić information content (AvgIpc) is 3.39. The van der Waals surface area contributed by atoms with Crippen molar-refractivity contribution in [2.75, 3.05) is 29.1 Å². The second-order valence-corrected chi connectivity index (χ2v) is 18.5. The van der Waals surface area contributed by atoms with Crippen molar-refractivity contribution in [1.29, 1.82) is 0 Å². The minimum atomic E-state index is -4.41. The van der Waals surface area contributed by atoms with Gasteiger partial charge in [-0.1, -0.05) is 63.1 Å². The minimum Gasteiger partial charge on any atom is -0.481 e. The van der Waals surface area contributed by atoms with E-state index < -0.39 is 31.6 Å². The predicted molar refractivity (Wildman–Crippen MR) is 215 cm³/mol. The number of carboxylic acid groups (broad SMARTS) is 1. The highest BCUT2D eigenvalue weighted by atomic mass is 127. The summed E-state index contributed by atoms with van der Waals surface area (Å²) in [5.74, 6) is -1.12. The van der Waals surface area contributed by atoms with Crippen LogP contribution in [0.25, 0.3) is 0 Å². The molecule has 0 saturated heterocycles. The van der Waals surface area contributed by atoms with Gasteiger partial charge in [-0.15, -0.1) is 0 Å². The summed E-state index contributed by atoms with van der Waals surface area (Å²) in [5, 5.41) is 9.05. The zero-order valence-corrected chi connectivity index (χ0v) is 34.2. The van der Waals surface area contributed by atoms with E-state index >= 15 is 0 Å². The zero-order valence-electron chi connectivity index (χ0n) is 28.2. The van der Waals surface area contributed by atoms with Gasteiger partial charge in [0.05, 0.1) is 17.2 Å². The number of likely N-dealkylation sites (N-methyl/N-ethyl adjacent to an activating group) is 1. The monoisotopic (exact) mass is 949 g/mol. The van der Waals surface area contributed by atoms with Gasteiger partial charge in [0.25, 0.3) is 20.2 Å². The number of hydrogen-bond donors (Lipinski definition) is 3. The van der Waals surface area contributed by atoms with Crippen molar-refractivity contribution in [2.45, 2.75) is 74.5 Å². The summed E-state index contributed by atoms with van der Waals surface area (Å²) < 4.78 is 67.6. The van der Waals surface area contributed by atoms with E-state index in [4.69, 9.17) is 9.66 Å². The highest BCUT2D eigenvalue weighted by Gasteiger charge is 2.42. The standard InChI is InChI=1S/C36H43I2N2O8S2/c1-35(2)28-24-27(50(46,47)48)16-17-30(28)40(20-12-13-21-49(43,44)45)32(35)14-8-5-4-6-10-18-36(19-11-7-9-15-33(41)42)25-39(3)31-23-26(37)22-29(38)34(31)36/h4-6,8,10,14,16-18,22-25H,7,9,11-13,15,19-21H2,1-3H3,(H,41,42)(H,43,44,45)(H,46,47,48). The molecule has 2 aliphatic heterocycles. The van der Waals surface area contributed by atoms with E-state index in [9.17, 15) is 26.2 Å². The van der Waals surface area contributed by atoms with Crippen LogP contribution in [-0.2, 0) is 35.9 Å². The molecule has 1 radical (unpaired) electrons. The number of nitrogens with zero attached hydrogens (tertiary/aromatic N) is 2. The van der Waals surface area contributed by atoms with Gasteiger partial charge in [0, 0.05) is 60.6 Å². The van der Waals surface area contributed by atoms with Gasteiger partial charge in [-0.25, -0.2) is 0 Å². The van der Waals surface area contributed by atoms with Crippen LogP contribution in [0.5, 0.6) is 0 Å². The number of carbonyl (C=O) groups is 1. The van der Waals surface area contributed by atoms with Gasteiger partial charge in [-0.2, -0.15) is 16.8 Å². The molecule has 2 heterocycles. The lowest BCUT2D eigenvalue weighted by Crippen LogP contribution is -2.27. The van der Waals surface area contributed by atoms with E-state index in [0.717, 1.165) is 39.8 Å². The van der Waals surface area contributed by atoms with Gasteiger partial charge in [0.15, 0.2) is 0 Å². The highest BCUT2D eigenvalue weighted by molar-refractivity contribution is 14.1. The Bertz CT molecular complexity index is 1940. The maximum absolute atomic E-state index is 11.9. The van der Waals surface area contributed by atoms with E-state index in [0.29, 0.717) is 19.4 Å². The average molecular weight is 950 g/mol. The SMILES string of the molecule is CN1[CH]C(C=CC=CC=CC=C2N(CCCCS(=O)(=O)O)c3ccc(S(=O)(=O)O)cc3C2(C)C)(CCCCCC(=O)O)c2c(I)cc(I)cc21. The van der Waals surface area contributed by atoms with Gasteiger partial charge in [0.2, 0.25) is 0 Å². The second kappa shape index (κ2) is 16.6. The lowest BCUT2D eigenvalue weighted by molar-refractivity contribution is -0.137. The molecule has 1 unspecified atom stereocenters. The summed E-state index contributed by atoms with van der Waals surface area (Å²) in [6.07, 6.45) is 18.0. The van der Waals surface area contributed by atoms with Crippen LogP contribution in [0.15, 0.2) is 83.5 Å². The topological polar surface area (TPSA) is 153 Å². The van der Waals surface area contributed by atoms with Crippen LogP contribution in [-0.4, -0.2) is 56.4 Å². The first-order valence-corrected chi connectivity index (χ1v) is 21.4. The lowest BCUT2D eigenvalue weighted by Gasteiger charge is -2.27. The van der Waals surface area contributed by atoms with Gasteiger partial charge >= 0.3 is 5.97 Å². The van der Waals surface area contributed by atoms with Crippen molar-refractivity contribution in [3.05, 3.63) is 103 Å². The Balaban J connectivity index is 1.57. The van der Waals surface area contributed by atoms with Crippen LogP contribution < -0.4 is 9.80 Å². The first-order chi connectivity index (χ1) is 23.4. The van der Waals surface area contributed by atoms with Crippen LogP contribution >= 0.6 is 45.2 Å². The number of hydrogen-bond acceptors (Lipinski definition) is 7. The first kappa shape index (κ1) is 40.5. The third-order valence-corrected chi connectivity index (χ3v) is 12.2. The fourth-order valence-corrected chi connectivity index (χ4v) is 10.1. The molecule has 2 aromatic rings. The molecule has 0 amide bonds. The molecule has 3 N–H and O–H groups in total. The van der Waals surface area contributed by atoms with Crippen molar-refractivity contribution in [2.24, 2.45) is 0 Å². The van der Waals surface area contributed by atoms with Gasteiger partial charge < -0.3 is 14.9 Å². The molecule has 10 nitrogen and oxygen atoms in total. The van der Waals surface area contributed by atoms with Crippen LogP contribution in [0.2, 0.25) is 0 Å². The third-order valence-electron chi connectivity index (χ3n) is 9.07. The van der Waals surface area contributed by atoms with Gasteiger partial charge in [-0.3, -0.25) is 13.9 Å². The predicted octanol–water partition coefficient (Wildman–Crippen LogP) is 8.05. The number of unbranched alkanes of at least 4 members (excludes halogenated alkanes) is 3. The van der Waals surface area contributed by atoms with E-state index in [1.54, 1.807) is 6.07 Å². The molecular formula is C36H43I2N2O8S2. The van der Waals surface area contributed by atoms with Crippen molar-refractivity contribution >= 4 is 82.8 Å². The van der Waals surface area contributed by atoms with E-state index in [2.05, 4.69) is 81.9 Å². The maximum atomic E-state index is 11.9. The van der Waals surface area contributed by atoms with Gasteiger partial charge in [-0.05, 0) is 113 Å². The zero-order chi connectivity index (χ0) is 36.9. The molecule has 0 bridgehead atoms. The molecule has 1 atom stereocenters. The number of fused-ring (bicyclic) bond motifs is 2. The largest absolute Gasteiger partial charge is 0.481 e. The molecule has 271 valence electrons. The molecule has 0 spiro atoms. The summed E-state index contributed by atoms with van der Waals surface area (Å²) in [5.41, 5.74) is 3.81. The summed E-state index contributed by atoms with van der Waals surface area (Å²) in [6.45, 7) is 6.62. The summed E-state index contributed by atoms with van der Waals surface area (Å²) >= 11 is 4.74. The summed E-state index contributed by atoms with van der Waals surface area (Å²) in [7, 11) is -6.44. The molecule has 2 aliphatic rings. The summed E-state index contributed by atoms with van der Waals surface area (Å²) in [6, 6.07) is 8.84. The number of benzene rings is 2. The van der Waals surface area contributed by atoms with Crippen molar-refractivity contribution in [3.8, 4) is 0 Å². The Kier molecular flexibility index (Phi) is 13.5. The molecule has 0 aliphatic carbocycles. The highest BCUT2D eigenvalue weighted by Crippen LogP contribution is 2.50. The Hall–Kier alpha value is -2.25. The van der Waals surface area contributed by atoms with Crippen LogP contribution in [0, 0.1) is 13.7 Å². The Labute approximate surface area is 323 Å². The van der Waals surface area contributed by atoms with Crippen molar-refractivity contribution in [1.82, 2.24) is 0 Å². The smallest absolute Gasteiger partial charge is 0.303 e. The Morgan fingerprint density at radius 2 is 1.58 bits per heavy atom. The van der Waals surface area contributed by atoms with Crippen LogP contribution in [0.1, 0.15) is 69.9 Å². The summed E-state index contributed by atoms with van der Waals surface area (Å²) in [4.78, 5) is 15.0. The molecule has 2 aromatic carbocycles. The number of carboxylic acids is 1. The fourth-order valence-electron chi connectivity index (χ4n) is 6.73. The molecule has 0 fully saturated rings. The fraction of sp³-hybridized carbons (Fsp3) is 0.389. The number of rotatable bonds is 16. The Morgan fingerprint density at radius 3 is 2.26 bits per heavy atom. The normalized spacial score (nSPS) is 19.8. The lowest BCUT2D eigenvalue weighted by atomic mass is 9.77. The van der Waals surface area contributed by atoms with Gasteiger partial charge in [0.1, 0.15) is 0 Å². The van der Waals surface area contributed by atoms with Crippen molar-refractivity contribution in [3.63, 3.8) is 0 Å². The Morgan fingerprint density at radius 1 is 0.880 bits per heavy atom. The number of halogens is 2. The van der Waals surface area contributed by atoms with Crippen molar-refractivity contribution < 1.29 is 35.8 Å². The number of anilines is 2. The maximum Gasteiger partial charge on any atom is 0.303 e. The molecule has 50 heavy (non-hydrogen) atoms. The van der Waals surface area contributed by atoms with E-state index in [-0.39, 0.29) is 28.9 Å². The van der Waals surface area contributed by atoms with E-state index in [1.165, 1.54) is 27.0 Å². The molecule has 0 aromatic heterocycles. The quantitative estimate of drug-likeness (QED) is 0.0653. The molecule has 4 rings (SSSR count). The van der Waals surface area contributed by atoms with Crippen LogP contribution in [0.3, 0.4) is 0 Å². The number of aliphatic carboxylic acids is 1. The molecular weight excluding hydrogens is 906 g/mol. The molecule has 14 heteroatoms. The first-order valence-electron chi connectivity index (χ1n) is 16.2.